The van der Waals surface area contributed by atoms with E-state index in [4.69, 9.17) is 0 Å². The lowest BCUT2D eigenvalue weighted by atomic mass is 9.85. The average molecular weight is 330 g/mol. The number of carbonyl (C=O) groups is 1. The van der Waals surface area contributed by atoms with Crippen molar-refractivity contribution in [1.82, 2.24) is 10.2 Å². The number of piperidine rings is 2. The molecule has 122 valence electrons. The molecule has 3 heterocycles. The van der Waals surface area contributed by atoms with Crippen molar-refractivity contribution in [3.05, 3.63) is 35.2 Å². The van der Waals surface area contributed by atoms with Crippen LogP contribution in [0.2, 0.25) is 0 Å². The van der Waals surface area contributed by atoms with Gasteiger partial charge in [0.1, 0.15) is 0 Å². The number of nitrogens with zero attached hydrogens (tertiary/aromatic N) is 1. The largest absolute Gasteiger partial charge is 0.353 e. The molecule has 0 saturated carbocycles. The number of rotatable bonds is 3. The van der Waals surface area contributed by atoms with Crippen molar-refractivity contribution in [3.63, 3.8) is 0 Å². The first kappa shape index (κ1) is 15.1. The van der Waals surface area contributed by atoms with Crippen molar-refractivity contribution in [3.8, 4) is 0 Å². The van der Waals surface area contributed by atoms with Gasteiger partial charge in [0.25, 0.3) is 0 Å². The van der Waals surface area contributed by atoms with E-state index in [1.54, 1.807) is 5.41 Å². The van der Waals surface area contributed by atoms with E-state index in [0.29, 0.717) is 18.4 Å². The summed E-state index contributed by atoms with van der Waals surface area (Å²) < 4.78 is 12.1. The van der Waals surface area contributed by atoms with Gasteiger partial charge in [0.2, 0.25) is 5.91 Å². The van der Waals surface area contributed by atoms with Crippen LogP contribution < -0.4 is 5.32 Å². The Morgan fingerprint density at radius 2 is 2.13 bits per heavy atom. The summed E-state index contributed by atoms with van der Waals surface area (Å²) in [6.07, 6.45) is 3.85. The second-order valence-corrected chi connectivity index (χ2v) is 8.05. The zero-order valence-corrected chi connectivity index (χ0v) is 14.0. The fourth-order valence-electron chi connectivity index (χ4n) is 4.10. The number of fused-ring (bicyclic) bond motifs is 3. The van der Waals surface area contributed by atoms with E-state index in [9.17, 15) is 9.00 Å². The molecule has 5 heteroatoms. The quantitative estimate of drug-likeness (QED) is 0.924. The van der Waals surface area contributed by atoms with Crippen LogP contribution in [0, 0.1) is 5.92 Å². The van der Waals surface area contributed by atoms with E-state index in [-0.39, 0.29) is 5.91 Å². The Labute approximate surface area is 139 Å². The van der Waals surface area contributed by atoms with Gasteiger partial charge >= 0.3 is 0 Å². The molecule has 0 radical (unpaired) electrons. The van der Waals surface area contributed by atoms with Crippen molar-refractivity contribution in [2.75, 3.05) is 19.6 Å². The Morgan fingerprint density at radius 3 is 3.04 bits per heavy atom. The molecule has 1 N–H and O–H groups in total. The Kier molecular flexibility index (Phi) is 4.07. The molecule has 2 saturated heterocycles. The average Bonchev–Trinajstić information content (AvgIpc) is 2.87. The summed E-state index contributed by atoms with van der Waals surface area (Å²) in [6, 6.07) is 7.97. The van der Waals surface area contributed by atoms with E-state index >= 15 is 0 Å². The zero-order valence-electron chi connectivity index (χ0n) is 13.2. The molecule has 1 aromatic carbocycles. The Bertz CT molecular complexity index is 685. The smallest absolute Gasteiger partial charge is 0.224 e. The van der Waals surface area contributed by atoms with Crippen LogP contribution in [0.3, 0.4) is 0 Å². The minimum Gasteiger partial charge on any atom is -0.353 e. The SMILES string of the molecule is O=C(CC1=CS(=O)c2ccccc21)NC1CCN2CCCC1C2. The van der Waals surface area contributed by atoms with E-state index in [1.165, 1.54) is 19.4 Å². The Balaban J connectivity index is 1.41. The summed E-state index contributed by atoms with van der Waals surface area (Å²) in [5.74, 6) is 0.661. The molecule has 2 fully saturated rings. The van der Waals surface area contributed by atoms with Gasteiger partial charge in [-0.2, -0.15) is 0 Å². The molecule has 0 spiro atoms. The molecule has 4 atom stereocenters. The molecule has 3 aliphatic rings. The number of amides is 1. The molecule has 4 unspecified atom stereocenters. The highest BCUT2D eigenvalue weighted by Gasteiger charge is 2.33. The normalized spacial score (nSPS) is 32.1. The predicted octanol–water partition coefficient (Wildman–Crippen LogP) is 2.14. The van der Waals surface area contributed by atoms with Crippen molar-refractivity contribution in [2.24, 2.45) is 5.92 Å². The van der Waals surface area contributed by atoms with Crippen LogP contribution in [0.4, 0.5) is 0 Å². The van der Waals surface area contributed by atoms with Gasteiger partial charge < -0.3 is 10.2 Å². The summed E-state index contributed by atoms with van der Waals surface area (Å²) >= 11 is 0. The van der Waals surface area contributed by atoms with Crippen molar-refractivity contribution in [1.29, 1.82) is 0 Å². The standard InChI is InChI=1S/C18H22N2O2S/c21-18(19-16-7-9-20-8-3-4-13(16)11-20)10-14-12-23(22)17-6-2-1-5-15(14)17/h1-2,5-6,12-13,16H,3-4,7-11H2,(H,19,21). The van der Waals surface area contributed by atoms with Crippen LogP contribution in [0.15, 0.2) is 34.6 Å². The molecule has 0 aliphatic carbocycles. The van der Waals surface area contributed by atoms with Gasteiger partial charge in [0.15, 0.2) is 0 Å². The highest BCUT2D eigenvalue weighted by molar-refractivity contribution is 7.88. The summed E-state index contributed by atoms with van der Waals surface area (Å²) in [5.41, 5.74) is 1.87. The molecule has 4 nitrogen and oxygen atoms in total. The zero-order chi connectivity index (χ0) is 15.8. The molecule has 3 aliphatic heterocycles. The summed E-state index contributed by atoms with van der Waals surface area (Å²) in [7, 11) is -1.10. The topological polar surface area (TPSA) is 49.4 Å². The summed E-state index contributed by atoms with van der Waals surface area (Å²) in [6.45, 7) is 3.43. The molecule has 1 aromatic rings. The molecule has 4 rings (SSSR count). The lowest BCUT2D eigenvalue weighted by Gasteiger charge is -2.42. The Morgan fingerprint density at radius 1 is 1.26 bits per heavy atom. The van der Waals surface area contributed by atoms with Crippen LogP contribution in [-0.4, -0.2) is 40.7 Å². The lowest BCUT2D eigenvalue weighted by molar-refractivity contribution is -0.121. The highest BCUT2D eigenvalue weighted by atomic mass is 32.2. The number of hydrogen-bond donors (Lipinski definition) is 1. The van der Waals surface area contributed by atoms with Crippen LogP contribution in [0.1, 0.15) is 31.2 Å². The van der Waals surface area contributed by atoms with E-state index in [1.807, 2.05) is 24.3 Å². The fraction of sp³-hybridized carbons (Fsp3) is 0.500. The third kappa shape index (κ3) is 3.00. The summed E-state index contributed by atoms with van der Waals surface area (Å²) in [5, 5.41) is 4.97. The molecular weight excluding hydrogens is 308 g/mol. The third-order valence-corrected chi connectivity index (χ3v) is 6.55. The van der Waals surface area contributed by atoms with E-state index in [2.05, 4.69) is 10.2 Å². The third-order valence-electron chi connectivity index (χ3n) is 5.26. The van der Waals surface area contributed by atoms with Gasteiger partial charge in [-0.1, -0.05) is 18.2 Å². The number of carbonyl (C=O) groups excluding carboxylic acids is 1. The molecule has 23 heavy (non-hydrogen) atoms. The van der Waals surface area contributed by atoms with Crippen LogP contribution >= 0.6 is 0 Å². The van der Waals surface area contributed by atoms with Crippen molar-refractivity contribution in [2.45, 2.75) is 36.6 Å². The number of hydrogen-bond acceptors (Lipinski definition) is 3. The van der Waals surface area contributed by atoms with Gasteiger partial charge in [0.05, 0.1) is 22.1 Å². The maximum Gasteiger partial charge on any atom is 0.224 e. The van der Waals surface area contributed by atoms with Gasteiger partial charge in [0, 0.05) is 24.5 Å². The highest BCUT2D eigenvalue weighted by Crippen LogP contribution is 2.33. The van der Waals surface area contributed by atoms with Crippen molar-refractivity contribution < 1.29 is 9.00 Å². The van der Waals surface area contributed by atoms with E-state index < -0.39 is 10.8 Å². The Hall–Kier alpha value is -1.46. The van der Waals surface area contributed by atoms with Crippen molar-refractivity contribution >= 4 is 22.3 Å². The minimum atomic E-state index is -1.10. The van der Waals surface area contributed by atoms with Crippen LogP contribution in [0.5, 0.6) is 0 Å². The van der Waals surface area contributed by atoms with Gasteiger partial charge in [-0.15, -0.1) is 0 Å². The van der Waals surface area contributed by atoms with Gasteiger partial charge in [-0.3, -0.25) is 4.79 Å². The predicted molar refractivity (Wildman–Crippen MR) is 91.2 cm³/mol. The lowest BCUT2D eigenvalue weighted by Crippen LogP contribution is -2.53. The first-order chi connectivity index (χ1) is 11.2. The molecular formula is C18H22N2O2S. The van der Waals surface area contributed by atoms with Crippen LogP contribution in [-0.2, 0) is 15.6 Å². The maximum atomic E-state index is 12.5. The second kappa shape index (κ2) is 6.21. The summed E-state index contributed by atoms with van der Waals surface area (Å²) in [4.78, 5) is 15.8. The molecule has 2 bridgehead atoms. The number of nitrogens with one attached hydrogen (secondary N) is 1. The monoisotopic (exact) mass is 330 g/mol. The van der Waals surface area contributed by atoms with Gasteiger partial charge in [-0.25, -0.2) is 4.21 Å². The first-order valence-corrected chi connectivity index (χ1v) is 9.64. The first-order valence-electron chi connectivity index (χ1n) is 8.43. The molecule has 1 amide bonds. The second-order valence-electron chi connectivity index (χ2n) is 6.78. The van der Waals surface area contributed by atoms with Gasteiger partial charge in [-0.05, 0) is 48.9 Å². The van der Waals surface area contributed by atoms with E-state index in [0.717, 1.165) is 35.5 Å². The maximum absolute atomic E-state index is 12.5. The number of benzene rings is 1. The fourth-order valence-corrected chi connectivity index (χ4v) is 5.33. The van der Waals surface area contributed by atoms with Crippen LogP contribution in [0.25, 0.3) is 5.57 Å². The molecule has 0 aromatic heterocycles. The minimum absolute atomic E-state index is 0.0639.